The van der Waals surface area contributed by atoms with Crippen LogP contribution in [-0.2, 0) is 0 Å². The van der Waals surface area contributed by atoms with Gasteiger partial charge >= 0.3 is 6.03 Å². The lowest BCUT2D eigenvalue weighted by Gasteiger charge is -2.10. The first-order valence-corrected chi connectivity index (χ1v) is 5.33. The Kier molecular flexibility index (Phi) is 2.77. The minimum Gasteiger partial charge on any atom is -0.328 e. The van der Waals surface area contributed by atoms with Crippen LogP contribution in [0.3, 0.4) is 0 Å². The molecule has 0 aliphatic heterocycles. The Bertz CT molecular complexity index is 423. The number of carbonyl (C=O) groups is 1. The van der Waals surface area contributed by atoms with Gasteiger partial charge in [-0.05, 0) is 6.92 Å². The average Bonchev–Trinajstić information content (AvgIpc) is 2.91. The van der Waals surface area contributed by atoms with E-state index in [2.05, 4.69) is 15.3 Å². The van der Waals surface area contributed by atoms with Crippen molar-refractivity contribution in [2.24, 2.45) is 0 Å². The summed E-state index contributed by atoms with van der Waals surface area (Å²) in [6, 6.07) is -0.282. The molecule has 0 saturated carbocycles. The Labute approximate surface area is 90.8 Å². The van der Waals surface area contributed by atoms with E-state index in [9.17, 15) is 4.79 Å². The molecule has 2 aromatic heterocycles. The Balaban J connectivity index is 2.01. The molecule has 1 atom stereocenters. The van der Waals surface area contributed by atoms with Crippen molar-refractivity contribution in [3.8, 4) is 0 Å². The molecule has 0 bridgehead atoms. The number of carbonyl (C=O) groups excluding carboxylic acids is 1. The second-order valence-corrected chi connectivity index (χ2v) is 3.94. The first kappa shape index (κ1) is 9.85. The molecule has 1 amide bonds. The third-order valence-corrected chi connectivity index (χ3v) is 2.86. The second-order valence-electron chi connectivity index (χ2n) is 3.01. The SMILES string of the molecule is CC(NC(=O)n1ccnc1)c1nccs1. The van der Waals surface area contributed by atoms with Crippen LogP contribution in [0.25, 0.3) is 0 Å². The van der Waals surface area contributed by atoms with E-state index in [4.69, 9.17) is 0 Å². The lowest BCUT2D eigenvalue weighted by molar-refractivity contribution is 0.239. The van der Waals surface area contributed by atoms with Gasteiger partial charge in [0.25, 0.3) is 0 Å². The molecular weight excluding hydrogens is 212 g/mol. The molecule has 0 aromatic carbocycles. The summed E-state index contributed by atoms with van der Waals surface area (Å²) in [5.74, 6) is 0. The highest BCUT2D eigenvalue weighted by Crippen LogP contribution is 2.14. The van der Waals surface area contributed by atoms with Crippen LogP contribution in [0.5, 0.6) is 0 Å². The largest absolute Gasteiger partial charge is 0.328 e. The zero-order valence-corrected chi connectivity index (χ0v) is 8.94. The van der Waals surface area contributed by atoms with Crippen LogP contribution in [0, 0.1) is 0 Å². The highest BCUT2D eigenvalue weighted by molar-refractivity contribution is 7.09. The normalized spacial score (nSPS) is 12.3. The number of nitrogens with one attached hydrogen (secondary N) is 1. The third-order valence-electron chi connectivity index (χ3n) is 1.90. The van der Waals surface area contributed by atoms with Crippen LogP contribution in [-0.4, -0.2) is 20.6 Å². The average molecular weight is 222 g/mol. The summed E-state index contributed by atoms with van der Waals surface area (Å²) in [4.78, 5) is 19.5. The quantitative estimate of drug-likeness (QED) is 0.840. The summed E-state index contributed by atoms with van der Waals surface area (Å²) in [5, 5.41) is 5.59. The number of imidazole rings is 1. The van der Waals surface area contributed by atoms with Crippen molar-refractivity contribution in [1.29, 1.82) is 0 Å². The van der Waals surface area contributed by atoms with Crippen molar-refractivity contribution in [3.05, 3.63) is 35.3 Å². The van der Waals surface area contributed by atoms with Gasteiger partial charge in [-0.15, -0.1) is 11.3 Å². The molecule has 5 nitrogen and oxygen atoms in total. The fourth-order valence-corrected chi connectivity index (χ4v) is 1.79. The van der Waals surface area contributed by atoms with E-state index in [-0.39, 0.29) is 12.1 Å². The predicted molar refractivity (Wildman–Crippen MR) is 56.7 cm³/mol. The van der Waals surface area contributed by atoms with Crippen molar-refractivity contribution in [3.63, 3.8) is 0 Å². The molecule has 2 rings (SSSR count). The van der Waals surface area contributed by atoms with E-state index < -0.39 is 0 Å². The zero-order valence-electron chi connectivity index (χ0n) is 8.12. The molecule has 0 spiro atoms. The van der Waals surface area contributed by atoms with Gasteiger partial charge in [0.1, 0.15) is 11.3 Å². The van der Waals surface area contributed by atoms with Gasteiger partial charge in [0, 0.05) is 24.0 Å². The molecule has 0 aliphatic rings. The van der Waals surface area contributed by atoms with Gasteiger partial charge in [-0.2, -0.15) is 0 Å². The van der Waals surface area contributed by atoms with Crippen molar-refractivity contribution < 1.29 is 4.79 Å². The summed E-state index contributed by atoms with van der Waals surface area (Å²) < 4.78 is 1.39. The van der Waals surface area contributed by atoms with Crippen molar-refractivity contribution in [2.45, 2.75) is 13.0 Å². The van der Waals surface area contributed by atoms with Gasteiger partial charge in [0.2, 0.25) is 0 Å². The highest BCUT2D eigenvalue weighted by Gasteiger charge is 2.11. The van der Waals surface area contributed by atoms with Gasteiger partial charge in [-0.1, -0.05) is 0 Å². The van der Waals surface area contributed by atoms with Crippen LogP contribution < -0.4 is 5.32 Å². The number of amides is 1. The maximum Gasteiger partial charge on any atom is 0.327 e. The molecule has 0 radical (unpaired) electrons. The molecule has 0 fully saturated rings. The van der Waals surface area contributed by atoms with Gasteiger partial charge in [-0.3, -0.25) is 4.57 Å². The molecule has 1 N–H and O–H groups in total. The van der Waals surface area contributed by atoms with E-state index in [0.29, 0.717) is 0 Å². The standard InChI is InChI=1S/C9H10N4OS/c1-7(8-11-3-5-15-8)12-9(14)13-4-2-10-6-13/h2-7H,1H3,(H,12,14). The number of nitrogens with zero attached hydrogens (tertiary/aromatic N) is 3. The van der Waals surface area contributed by atoms with E-state index in [0.717, 1.165) is 5.01 Å². The van der Waals surface area contributed by atoms with E-state index in [1.807, 2.05) is 12.3 Å². The van der Waals surface area contributed by atoms with Crippen LogP contribution >= 0.6 is 11.3 Å². The third kappa shape index (κ3) is 2.21. The molecular formula is C9H10N4OS. The summed E-state index contributed by atoms with van der Waals surface area (Å²) >= 11 is 1.52. The fourth-order valence-electron chi connectivity index (χ4n) is 1.15. The number of thiazole rings is 1. The minimum absolute atomic E-state index is 0.0834. The zero-order chi connectivity index (χ0) is 10.7. The molecule has 78 valence electrons. The molecule has 2 heterocycles. The van der Waals surface area contributed by atoms with E-state index >= 15 is 0 Å². The summed E-state index contributed by atoms with van der Waals surface area (Å²) in [6.07, 6.45) is 6.35. The van der Waals surface area contributed by atoms with Crippen LogP contribution in [0.15, 0.2) is 30.3 Å². The maximum atomic E-state index is 11.6. The van der Waals surface area contributed by atoms with E-state index in [1.165, 1.54) is 22.2 Å². The van der Waals surface area contributed by atoms with Gasteiger partial charge < -0.3 is 5.32 Å². The lowest BCUT2D eigenvalue weighted by Crippen LogP contribution is -2.30. The Morgan fingerprint density at radius 1 is 1.60 bits per heavy atom. The van der Waals surface area contributed by atoms with Gasteiger partial charge in [-0.25, -0.2) is 14.8 Å². The van der Waals surface area contributed by atoms with Crippen LogP contribution in [0.4, 0.5) is 4.79 Å². The second kappa shape index (κ2) is 4.22. The van der Waals surface area contributed by atoms with Crippen molar-refractivity contribution >= 4 is 17.4 Å². The Hall–Kier alpha value is -1.69. The smallest absolute Gasteiger partial charge is 0.327 e. The van der Waals surface area contributed by atoms with Gasteiger partial charge in [0.05, 0.1) is 6.04 Å². The first-order chi connectivity index (χ1) is 7.27. The monoisotopic (exact) mass is 222 g/mol. The van der Waals surface area contributed by atoms with Gasteiger partial charge in [0.15, 0.2) is 0 Å². The fraction of sp³-hybridized carbons (Fsp3) is 0.222. The topological polar surface area (TPSA) is 59.8 Å². The summed E-state index contributed by atoms with van der Waals surface area (Å²) in [6.45, 7) is 1.90. The molecule has 6 heteroatoms. The molecule has 2 aromatic rings. The molecule has 1 unspecified atom stereocenters. The van der Waals surface area contributed by atoms with Crippen LogP contribution in [0.2, 0.25) is 0 Å². The molecule has 15 heavy (non-hydrogen) atoms. The lowest BCUT2D eigenvalue weighted by atomic mass is 10.4. The van der Waals surface area contributed by atoms with Crippen molar-refractivity contribution in [2.75, 3.05) is 0 Å². The predicted octanol–water partition coefficient (Wildman–Crippen LogP) is 1.66. The molecule has 0 aliphatic carbocycles. The number of rotatable bonds is 2. The molecule has 0 saturated heterocycles. The number of hydrogen-bond donors (Lipinski definition) is 1. The summed E-state index contributed by atoms with van der Waals surface area (Å²) in [5.41, 5.74) is 0. The Morgan fingerprint density at radius 2 is 2.47 bits per heavy atom. The highest BCUT2D eigenvalue weighted by atomic mass is 32.1. The summed E-state index contributed by atoms with van der Waals surface area (Å²) in [7, 11) is 0. The van der Waals surface area contributed by atoms with Crippen LogP contribution in [0.1, 0.15) is 18.0 Å². The van der Waals surface area contributed by atoms with E-state index in [1.54, 1.807) is 18.6 Å². The number of hydrogen-bond acceptors (Lipinski definition) is 4. The first-order valence-electron chi connectivity index (χ1n) is 4.45. The maximum absolute atomic E-state index is 11.6. The Morgan fingerprint density at radius 3 is 3.07 bits per heavy atom. The minimum atomic E-state index is -0.199. The van der Waals surface area contributed by atoms with Crippen molar-refractivity contribution in [1.82, 2.24) is 19.9 Å². The number of aromatic nitrogens is 3.